The summed E-state index contributed by atoms with van der Waals surface area (Å²) in [4.78, 5) is 13.4. The van der Waals surface area contributed by atoms with Crippen molar-refractivity contribution in [3.8, 4) is 5.75 Å². The molecule has 0 aromatic heterocycles. The number of carbonyl (C=O) groups excluding carboxylic acids is 1. The lowest BCUT2D eigenvalue weighted by atomic mass is 10.2. The predicted octanol–water partition coefficient (Wildman–Crippen LogP) is 2.71. The highest BCUT2D eigenvalue weighted by molar-refractivity contribution is 9.10. The lowest BCUT2D eigenvalue weighted by Gasteiger charge is -2.26. The van der Waals surface area contributed by atoms with E-state index in [-0.39, 0.29) is 18.3 Å². The van der Waals surface area contributed by atoms with Gasteiger partial charge in [-0.15, -0.1) is 0 Å². The second-order valence-electron chi connectivity index (χ2n) is 4.42. The van der Waals surface area contributed by atoms with Crippen LogP contribution in [0.3, 0.4) is 0 Å². The molecule has 116 valence electrons. The number of rotatable bonds is 3. The van der Waals surface area contributed by atoms with Crippen LogP contribution in [0.25, 0.3) is 0 Å². The first-order valence-electron chi connectivity index (χ1n) is 6.23. The van der Waals surface area contributed by atoms with E-state index >= 15 is 0 Å². The lowest BCUT2D eigenvalue weighted by Crippen LogP contribution is -2.43. The standard InChI is InChI=1S/C13H13BrF3NO3/c14-10-2-1-9(13(15,16)17)7-11(10)21-8-12(19)18-3-5-20-6-4-18/h1-2,7H,3-6,8H2. The van der Waals surface area contributed by atoms with E-state index in [4.69, 9.17) is 9.47 Å². The zero-order valence-corrected chi connectivity index (χ0v) is 12.5. The Morgan fingerprint density at radius 1 is 1.33 bits per heavy atom. The number of nitrogens with zero attached hydrogens (tertiary/aromatic N) is 1. The van der Waals surface area contributed by atoms with Gasteiger partial charge in [-0.2, -0.15) is 13.2 Å². The first-order chi connectivity index (χ1) is 9.88. The van der Waals surface area contributed by atoms with Crippen molar-refractivity contribution in [1.29, 1.82) is 0 Å². The fourth-order valence-electron chi connectivity index (χ4n) is 1.83. The summed E-state index contributed by atoms with van der Waals surface area (Å²) >= 11 is 3.11. The largest absolute Gasteiger partial charge is 0.483 e. The molecule has 0 radical (unpaired) electrons. The zero-order chi connectivity index (χ0) is 15.5. The van der Waals surface area contributed by atoms with Crippen LogP contribution in [0.15, 0.2) is 22.7 Å². The van der Waals surface area contributed by atoms with Gasteiger partial charge in [0, 0.05) is 13.1 Å². The third kappa shape index (κ3) is 4.34. The van der Waals surface area contributed by atoms with Crippen LogP contribution >= 0.6 is 15.9 Å². The first kappa shape index (κ1) is 16.1. The van der Waals surface area contributed by atoms with Crippen LogP contribution in [0.2, 0.25) is 0 Å². The van der Waals surface area contributed by atoms with Gasteiger partial charge in [0.2, 0.25) is 0 Å². The molecular formula is C13H13BrF3NO3. The van der Waals surface area contributed by atoms with Crippen LogP contribution < -0.4 is 4.74 Å². The van der Waals surface area contributed by atoms with E-state index in [0.29, 0.717) is 30.8 Å². The zero-order valence-electron chi connectivity index (χ0n) is 11.0. The maximum absolute atomic E-state index is 12.6. The fourth-order valence-corrected chi connectivity index (χ4v) is 2.19. The Bertz CT molecular complexity index is 516. The molecule has 21 heavy (non-hydrogen) atoms. The molecule has 0 N–H and O–H groups in total. The molecule has 4 nitrogen and oxygen atoms in total. The number of morpholine rings is 1. The number of alkyl halides is 3. The van der Waals surface area contributed by atoms with E-state index in [1.54, 1.807) is 4.90 Å². The molecule has 8 heteroatoms. The minimum atomic E-state index is -4.45. The monoisotopic (exact) mass is 367 g/mol. The molecule has 0 unspecified atom stereocenters. The smallest absolute Gasteiger partial charge is 0.416 e. The third-order valence-corrected chi connectivity index (χ3v) is 3.63. The molecule has 1 fully saturated rings. The van der Waals surface area contributed by atoms with Crippen LogP contribution in [-0.2, 0) is 15.7 Å². The van der Waals surface area contributed by atoms with Crippen LogP contribution in [0.1, 0.15) is 5.56 Å². The number of carbonyl (C=O) groups is 1. The quantitative estimate of drug-likeness (QED) is 0.824. The van der Waals surface area contributed by atoms with E-state index in [1.165, 1.54) is 6.07 Å². The van der Waals surface area contributed by atoms with Crippen molar-refractivity contribution in [2.75, 3.05) is 32.9 Å². The maximum atomic E-state index is 12.6. The lowest BCUT2D eigenvalue weighted by molar-refractivity contribution is -0.137. The molecule has 1 amide bonds. The maximum Gasteiger partial charge on any atom is 0.416 e. The van der Waals surface area contributed by atoms with Crippen LogP contribution in [0, 0.1) is 0 Å². The summed E-state index contributed by atoms with van der Waals surface area (Å²) in [6, 6.07) is 3.06. The molecule has 0 atom stereocenters. The van der Waals surface area contributed by atoms with Crippen molar-refractivity contribution in [1.82, 2.24) is 4.90 Å². The number of hydrogen-bond acceptors (Lipinski definition) is 3. The Morgan fingerprint density at radius 2 is 2.00 bits per heavy atom. The summed E-state index contributed by atoms with van der Waals surface area (Å²) in [6.07, 6.45) is -4.45. The van der Waals surface area contributed by atoms with E-state index in [2.05, 4.69) is 15.9 Å². The molecule has 0 bridgehead atoms. The second-order valence-corrected chi connectivity index (χ2v) is 5.28. The SMILES string of the molecule is O=C(COc1cc(C(F)(F)F)ccc1Br)N1CCOCC1. The summed E-state index contributed by atoms with van der Waals surface area (Å²) in [5.74, 6) is -0.283. The second kappa shape index (κ2) is 6.65. The number of benzene rings is 1. The molecule has 1 aliphatic rings. The fraction of sp³-hybridized carbons (Fsp3) is 0.462. The van der Waals surface area contributed by atoms with Gasteiger partial charge in [-0.25, -0.2) is 0 Å². The average Bonchev–Trinajstić information content (AvgIpc) is 2.45. The third-order valence-electron chi connectivity index (χ3n) is 2.97. The summed E-state index contributed by atoms with van der Waals surface area (Å²) in [5.41, 5.74) is -0.820. The molecule has 1 heterocycles. The average molecular weight is 368 g/mol. The van der Waals surface area contributed by atoms with Crippen molar-refractivity contribution in [2.45, 2.75) is 6.18 Å². The van der Waals surface area contributed by atoms with Crippen molar-refractivity contribution in [3.63, 3.8) is 0 Å². The molecule has 1 aromatic rings. The van der Waals surface area contributed by atoms with Gasteiger partial charge in [0.25, 0.3) is 5.91 Å². The topological polar surface area (TPSA) is 38.8 Å². The molecule has 0 spiro atoms. The minimum Gasteiger partial charge on any atom is -0.483 e. The Labute approximate surface area is 127 Å². The summed E-state index contributed by atoms with van der Waals surface area (Å²) in [7, 11) is 0. The Hall–Kier alpha value is -1.28. The van der Waals surface area contributed by atoms with Crippen molar-refractivity contribution >= 4 is 21.8 Å². The van der Waals surface area contributed by atoms with E-state index in [9.17, 15) is 18.0 Å². The van der Waals surface area contributed by atoms with Crippen molar-refractivity contribution in [3.05, 3.63) is 28.2 Å². The number of hydrogen-bond donors (Lipinski definition) is 0. The molecule has 1 aliphatic heterocycles. The molecular weight excluding hydrogens is 355 g/mol. The van der Waals surface area contributed by atoms with Gasteiger partial charge in [-0.3, -0.25) is 4.79 Å². The molecule has 1 aromatic carbocycles. The van der Waals surface area contributed by atoms with Gasteiger partial charge in [-0.05, 0) is 34.1 Å². The van der Waals surface area contributed by atoms with Gasteiger partial charge in [-0.1, -0.05) is 0 Å². The van der Waals surface area contributed by atoms with Gasteiger partial charge in [0.15, 0.2) is 6.61 Å². The summed E-state index contributed by atoms with van der Waals surface area (Å²) in [6.45, 7) is 1.54. The van der Waals surface area contributed by atoms with Crippen molar-refractivity contribution in [2.24, 2.45) is 0 Å². The normalized spacial score (nSPS) is 15.9. The summed E-state index contributed by atoms with van der Waals surface area (Å²) in [5, 5.41) is 0. The van der Waals surface area contributed by atoms with Gasteiger partial charge in [0.1, 0.15) is 5.75 Å². The highest BCUT2D eigenvalue weighted by Gasteiger charge is 2.31. The number of halogens is 4. The predicted molar refractivity (Wildman–Crippen MR) is 72.0 cm³/mol. The van der Waals surface area contributed by atoms with Crippen molar-refractivity contribution < 1.29 is 27.4 Å². The Balaban J connectivity index is 2.00. The van der Waals surface area contributed by atoms with Crippen LogP contribution in [-0.4, -0.2) is 43.7 Å². The van der Waals surface area contributed by atoms with Crippen LogP contribution in [0.4, 0.5) is 13.2 Å². The molecule has 1 saturated heterocycles. The number of ether oxygens (including phenoxy) is 2. The Kier molecular flexibility index (Phi) is 5.10. The first-order valence-corrected chi connectivity index (χ1v) is 7.02. The van der Waals surface area contributed by atoms with E-state index < -0.39 is 11.7 Å². The van der Waals surface area contributed by atoms with E-state index in [0.717, 1.165) is 12.1 Å². The van der Waals surface area contributed by atoms with Crippen LogP contribution in [0.5, 0.6) is 5.75 Å². The molecule has 0 aliphatic carbocycles. The molecule has 2 rings (SSSR count). The Morgan fingerprint density at radius 3 is 2.62 bits per heavy atom. The van der Waals surface area contributed by atoms with E-state index in [1.807, 2.05) is 0 Å². The number of amides is 1. The molecule has 0 saturated carbocycles. The van der Waals surface area contributed by atoms with Gasteiger partial charge < -0.3 is 14.4 Å². The minimum absolute atomic E-state index is 0.00793. The highest BCUT2D eigenvalue weighted by atomic mass is 79.9. The van der Waals surface area contributed by atoms with Gasteiger partial charge >= 0.3 is 6.18 Å². The van der Waals surface area contributed by atoms with Gasteiger partial charge in [0.05, 0.1) is 23.2 Å². The summed E-state index contributed by atoms with van der Waals surface area (Å²) < 4.78 is 48.6. The highest BCUT2D eigenvalue weighted by Crippen LogP contribution is 2.35.